The lowest BCUT2D eigenvalue weighted by molar-refractivity contribution is -0.129. The van der Waals surface area contributed by atoms with E-state index in [0.717, 1.165) is 5.56 Å². The zero-order chi connectivity index (χ0) is 13.9. The number of hydrogen-bond donors (Lipinski definition) is 1. The van der Waals surface area contributed by atoms with E-state index < -0.39 is 5.92 Å². The van der Waals surface area contributed by atoms with Crippen LogP contribution < -0.4 is 5.32 Å². The molecule has 19 heavy (non-hydrogen) atoms. The molecule has 1 aromatic rings. The zero-order valence-electron chi connectivity index (χ0n) is 10.5. The first-order valence-electron chi connectivity index (χ1n) is 6.36. The maximum absolute atomic E-state index is 13.0. The summed E-state index contributed by atoms with van der Waals surface area (Å²) in [6.45, 7) is 0.298. The monoisotopic (exact) mass is 271 g/mol. The summed E-state index contributed by atoms with van der Waals surface area (Å²) in [4.78, 5) is 11.8. The molecule has 0 aromatic heterocycles. The number of carbonyl (C=O) groups is 1. The predicted molar refractivity (Wildman–Crippen MR) is 65.2 cm³/mol. The minimum atomic E-state index is -2.62. The van der Waals surface area contributed by atoms with Gasteiger partial charge in [-0.1, -0.05) is 12.1 Å². The van der Waals surface area contributed by atoms with E-state index in [1.54, 1.807) is 12.1 Å². The van der Waals surface area contributed by atoms with Crippen LogP contribution in [0.1, 0.15) is 31.2 Å². The van der Waals surface area contributed by atoms with Crippen LogP contribution in [0.15, 0.2) is 24.3 Å². The molecule has 1 saturated carbocycles. The molecular weight excluding hydrogens is 255 g/mol. The van der Waals surface area contributed by atoms with Gasteiger partial charge in [-0.3, -0.25) is 4.79 Å². The molecule has 0 spiro atoms. The number of amides is 1. The van der Waals surface area contributed by atoms with Crippen LogP contribution in [0.25, 0.3) is 0 Å². The lowest BCUT2D eigenvalue weighted by Gasteiger charge is -2.27. The van der Waals surface area contributed by atoms with Gasteiger partial charge in [0.2, 0.25) is 11.8 Å². The van der Waals surface area contributed by atoms with E-state index in [-0.39, 0.29) is 43.3 Å². The Morgan fingerprint density at radius 3 is 2.37 bits per heavy atom. The molecule has 1 fully saturated rings. The molecule has 0 saturated heterocycles. The molecule has 1 aromatic carbocycles. The quantitative estimate of drug-likeness (QED) is 0.898. The Morgan fingerprint density at radius 2 is 1.79 bits per heavy atom. The van der Waals surface area contributed by atoms with E-state index in [9.17, 15) is 18.0 Å². The number of benzene rings is 1. The maximum atomic E-state index is 13.0. The average molecular weight is 271 g/mol. The number of halogens is 3. The fourth-order valence-electron chi connectivity index (χ4n) is 2.24. The first kappa shape index (κ1) is 13.9. The SMILES string of the molecule is O=C(NCc1ccc(F)cc1)C1CCC(F)(F)CC1. The van der Waals surface area contributed by atoms with Crippen LogP contribution in [-0.2, 0) is 11.3 Å². The lowest BCUT2D eigenvalue weighted by atomic mass is 9.86. The second-order valence-corrected chi connectivity index (χ2v) is 4.97. The van der Waals surface area contributed by atoms with Gasteiger partial charge in [0.05, 0.1) is 0 Å². The third-order valence-corrected chi connectivity index (χ3v) is 3.47. The number of carbonyl (C=O) groups excluding carboxylic acids is 1. The minimum absolute atomic E-state index is 0.195. The third kappa shape index (κ3) is 3.98. The summed E-state index contributed by atoms with van der Waals surface area (Å²) in [5.41, 5.74) is 0.788. The van der Waals surface area contributed by atoms with Crippen molar-refractivity contribution in [1.29, 1.82) is 0 Å². The van der Waals surface area contributed by atoms with E-state index in [1.165, 1.54) is 12.1 Å². The van der Waals surface area contributed by atoms with E-state index >= 15 is 0 Å². The van der Waals surface area contributed by atoms with Crippen molar-refractivity contribution in [3.05, 3.63) is 35.6 Å². The van der Waals surface area contributed by atoms with Gasteiger partial charge in [-0.2, -0.15) is 0 Å². The normalized spacial score (nSPS) is 19.1. The molecule has 2 nitrogen and oxygen atoms in total. The highest BCUT2D eigenvalue weighted by atomic mass is 19.3. The highest BCUT2D eigenvalue weighted by Gasteiger charge is 2.37. The molecular formula is C14H16F3NO. The van der Waals surface area contributed by atoms with Crippen LogP contribution in [0.4, 0.5) is 13.2 Å². The average Bonchev–Trinajstić information content (AvgIpc) is 2.37. The summed E-state index contributed by atoms with van der Waals surface area (Å²) in [5.74, 6) is -3.47. The van der Waals surface area contributed by atoms with Gasteiger partial charge in [-0.05, 0) is 30.5 Å². The summed E-state index contributed by atoms with van der Waals surface area (Å²) < 4.78 is 38.6. The van der Waals surface area contributed by atoms with Crippen molar-refractivity contribution < 1.29 is 18.0 Å². The summed E-state index contributed by atoms with van der Waals surface area (Å²) in [6.07, 6.45) is 0.00771. The van der Waals surface area contributed by atoms with Gasteiger partial charge in [0.1, 0.15) is 5.82 Å². The molecule has 1 N–H and O–H groups in total. The van der Waals surface area contributed by atoms with E-state index in [0.29, 0.717) is 6.54 Å². The van der Waals surface area contributed by atoms with Crippen LogP contribution >= 0.6 is 0 Å². The summed E-state index contributed by atoms with van der Waals surface area (Å²) in [6, 6.07) is 5.82. The Morgan fingerprint density at radius 1 is 1.21 bits per heavy atom. The van der Waals surface area contributed by atoms with Gasteiger partial charge in [0.25, 0.3) is 0 Å². The lowest BCUT2D eigenvalue weighted by Crippen LogP contribution is -2.35. The number of nitrogens with one attached hydrogen (secondary N) is 1. The van der Waals surface area contributed by atoms with E-state index in [4.69, 9.17) is 0 Å². The topological polar surface area (TPSA) is 29.1 Å². The molecule has 0 bridgehead atoms. The van der Waals surface area contributed by atoms with Crippen molar-refractivity contribution in [2.75, 3.05) is 0 Å². The van der Waals surface area contributed by atoms with Gasteiger partial charge in [-0.25, -0.2) is 13.2 Å². The second-order valence-electron chi connectivity index (χ2n) is 4.97. The predicted octanol–water partition coefficient (Wildman–Crippen LogP) is 3.27. The van der Waals surface area contributed by atoms with Crippen LogP contribution in [0.3, 0.4) is 0 Å². The largest absolute Gasteiger partial charge is 0.352 e. The van der Waals surface area contributed by atoms with Crippen LogP contribution in [-0.4, -0.2) is 11.8 Å². The minimum Gasteiger partial charge on any atom is -0.352 e. The number of alkyl halides is 2. The highest BCUT2D eigenvalue weighted by molar-refractivity contribution is 5.78. The van der Waals surface area contributed by atoms with Crippen molar-refractivity contribution in [3.8, 4) is 0 Å². The molecule has 0 unspecified atom stereocenters. The van der Waals surface area contributed by atoms with Crippen LogP contribution in [0.5, 0.6) is 0 Å². The molecule has 1 amide bonds. The fraction of sp³-hybridized carbons (Fsp3) is 0.500. The van der Waals surface area contributed by atoms with Crippen molar-refractivity contribution in [1.82, 2.24) is 5.32 Å². The van der Waals surface area contributed by atoms with E-state index in [1.807, 2.05) is 0 Å². The van der Waals surface area contributed by atoms with Gasteiger partial charge >= 0.3 is 0 Å². The van der Waals surface area contributed by atoms with E-state index in [2.05, 4.69) is 5.32 Å². The number of rotatable bonds is 3. The van der Waals surface area contributed by atoms with Crippen molar-refractivity contribution in [2.45, 2.75) is 38.2 Å². The van der Waals surface area contributed by atoms with Crippen molar-refractivity contribution in [2.24, 2.45) is 5.92 Å². The molecule has 5 heteroatoms. The molecule has 0 atom stereocenters. The van der Waals surface area contributed by atoms with Gasteiger partial charge in [-0.15, -0.1) is 0 Å². The summed E-state index contributed by atoms with van der Waals surface area (Å²) in [7, 11) is 0. The van der Waals surface area contributed by atoms with Crippen LogP contribution in [0, 0.1) is 11.7 Å². The molecule has 1 aliphatic rings. The second kappa shape index (κ2) is 5.63. The Balaban J connectivity index is 1.80. The molecule has 0 heterocycles. The third-order valence-electron chi connectivity index (χ3n) is 3.47. The Bertz CT molecular complexity index is 435. The molecule has 0 aliphatic heterocycles. The summed E-state index contributed by atoms with van der Waals surface area (Å²) in [5, 5.41) is 2.71. The Kier molecular flexibility index (Phi) is 4.12. The molecule has 0 radical (unpaired) electrons. The molecule has 1 aliphatic carbocycles. The van der Waals surface area contributed by atoms with Gasteiger partial charge in [0, 0.05) is 25.3 Å². The standard InChI is InChI=1S/C14H16F3NO/c15-12-3-1-10(2-4-12)9-18-13(19)11-5-7-14(16,17)8-6-11/h1-4,11H,5-9H2,(H,18,19). The van der Waals surface area contributed by atoms with Crippen molar-refractivity contribution >= 4 is 5.91 Å². The molecule has 2 rings (SSSR count). The smallest absolute Gasteiger partial charge is 0.248 e. The van der Waals surface area contributed by atoms with Crippen LogP contribution in [0.2, 0.25) is 0 Å². The summed E-state index contributed by atoms with van der Waals surface area (Å²) >= 11 is 0. The van der Waals surface area contributed by atoms with Crippen molar-refractivity contribution in [3.63, 3.8) is 0 Å². The highest BCUT2D eigenvalue weighted by Crippen LogP contribution is 2.36. The Labute approximate surface area is 110 Å². The number of hydrogen-bond acceptors (Lipinski definition) is 1. The maximum Gasteiger partial charge on any atom is 0.248 e. The molecule has 104 valence electrons. The first-order valence-corrected chi connectivity index (χ1v) is 6.36. The first-order chi connectivity index (χ1) is 8.96. The zero-order valence-corrected chi connectivity index (χ0v) is 10.5. The Hall–Kier alpha value is -1.52. The van der Waals surface area contributed by atoms with Gasteiger partial charge in [0.15, 0.2) is 0 Å². The van der Waals surface area contributed by atoms with Gasteiger partial charge < -0.3 is 5.32 Å². The fourth-order valence-corrected chi connectivity index (χ4v) is 2.24.